The molecule has 0 radical (unpaired) electrons. The molecule has 16 heavy (non-hydrogen) atoms. The summed E-state index contributed by atoms with van der Waals surface area (Å²) in [7, 11) is 0. The minimum Gasteiger partial charge on any atom is -0.384 e. The van der Waals surface area contributed by atoms with Gasteiger partial charge in [-0.2, -0.15) is 0 Å². The molecule has 0 fully saturated rings. The number of pyridine rings is 1. The van der Waals surface area contributed by atoms with Crippen molar-refractivity contribution in [3.8, 4) is 0 Å². The quantitative estimate of drug-likeness (QED) is 0.454. The van der Waals surface area contributed by atoms with Gasteiger partial charge >= 0.3 is 11.9 Å². The van der Waals surface area contributed by atoms with Crippen molar-refractivity contribution in [2.75, 3.05) is 0 Å². The fraction of sp³-hybridized carbons (Fsp3) is 0.100. The van der Waals surface area contributed by atoms with Crippen molar-refractivity contribution in [1.82, 2.24) is 4.98 Å². The van der Waals surface area contributed by atoms with Crippen LogP contribution < -0.4 is 0 Å². The molecule has 2 heterocycles. The molecule has 3 rings (SSSR count). The van der Waals surface area contributed by atoms with Gasteiger partial charge in [-0.15, -0.1) is 0 Å². The van der Waals surface area contributed by atoms with Crippen LogP contribution in [0.5, 0.6) is 0 Å². The fourth-order valence-corrected chi connectivity index (χ4v) is 1.76. The summed E-state index contributed by atoms with van der Waals surface area (Å²) >= 11 is 0. The number of carbonyl (C=O) groups is 4. The van der Waals surface area contributed by atoms with Gasteiger partial charge in [0, 0.05) is 5.56 Å². The molecule has 0 spiro atoms. The first-order chi connectivity index (χ1) is 7.58. The maximum Gasteiger partial charge on any atom is 0.365 e. The van der Waals surface area contributed by atoms with Crippen molar-refractivity contribution in [2.45, 2.75) is 6.42 Å². The van der Waals surface area contributed by atoms with Crippen LogP contribution in [-0.2, 0) is 4.74 Å². The number of cyclic esters (lactones) is 2. The normalized spacial score (nSPS) is 17.5. The predicted molar refractivity (Wildman–Crippen MR) is 47.3 cm³/mol. The van der Waals surface area contributed by atoms with Gasteiger partial charge in [0.15, 0.2) is 17.3 Å². The Kier molecular flexibility index (Phi) is 1.45. The van der Waals surface area contributed by atoms with Gasteiger partial charge in [0.05, 0.1) is 12.0 Å². The average Bonchev–Trinajstić information content (AvgIpc) is 2.67. The van der Waals surface area contributed by atoms with E-state index in [0.29, 0.717) is 0 Å². The van der Waals surface area contributed by atoms with Gasteiger partial charge in [0.2, 0.25) is 0 Å². The number of nitrogens with zero attached hydrogens (tertiary/aromatic N) is 1. The first kappa shape index (κ1) is 8.90. The molecule has 2 aliphatic rings. The monoisotopic (exact) mass is 217 g/mol. The van der Waals surface area contributed by atoms with E-state index in [0.717, 1.165) is 0 Å². The van der Waals surface area contributed by atoms with Gasteiger partial charge in [0.1, 0.15) is 5.69 Å². The third-order valence-corrected chi connectivity index (χ3v) is 2.51. The number of rotatable bonds is 0. The van der Waals surface area contributed by atoms with Crippen LogP contribution >= 0.6 is 0 Å². The van der Waals surface area contributed by atoms with Gasteiger partial charge in [-0.1, -0.05) is 0 Å². The number of ketones is 2. The molecule has 0 bridgehead atoms. The molecule has 0 atom stereocenters. The Morgan fingerprint density at radius 1 is 0.938 bits per heavy atom. The molecule has 0 saturated heterocycles. The highest BCUT2D eigenvalue weighted by molar-refractivity contribution is 6.25. The molecule has 6 nitrogen and oxygen atoms in total. The van der Waals surface area contributed by atoms with Crippen LogP contribution in [0.15, 0.2) is 6.07 Å². The van der Waals surface area contributed by atoms with E-state index in [1.807, 2.05) is 0 Å². The number of ether oxygens (including phenoxy) is 1. The van der Waals surface area contributed by atoms with Crippen LogP contribution in [-0.4, -0.2) is 28.5 Å². The number of Topliss-reactive ketones (excluding diaryl/α,β-unsaturated/α-hetero) is 2. The number of esters is 2. The van der Waals surface area contributed by atoms with Crippen molar-refractivity contribution >= 4 is 23.5 Å². The molecule has 6 heteroatoms. The van der Waals surface area contributed by atoms with E-state index in [1.54, 1.807) is 0 Å². The maximum absolute atomic E-state index is 11.4. The molecule has 0 aromatic carbocycles. The molecule has 78 valence electrons. The van der Waals surface area contributed by atoms with Crippen molar-refractivity contribution in [1.29, 1.82) is 0 Å². The Morgan fingerprint density at radius 2 is 1.69 bits per heavy atom. The molecule has 1 aliphatic heterocycles. The molecule has 0 unspecified atom stereocenters. The number of hydrogen-bond acceptors (Lipinski definition) is 6. The van der Waals surface area contributed by atoms with Gasteiger partial charge in [0.25, 0.3) is 0 Å². The second-order valence-electron chi connectivity index (χ2n) is 3.48. The smallest absolute Gasteiger partial charge is 0.365 e. The first-order valence-electron chi connectivity index (χ1n) is 4.46. The lowest BCUT2D eigenvalue weighted by Crippen LogP contribution is -2.04. The van der Waals surface area contributed by atoms with E-state index in [4.69, 9.17) is 0 Å². The number of aromatic nitrogens is 1. The van der Waals surface area contributed by atoms with Crippen molar-refractivity contribution in [3.05, 3.63) is 28.6 Å². The summed E-state index contributed by atoms with van der Waals surface area (Å²) in [4.78, 5) is 48.8. The molecule has 0 N–H and O–H groups in total. The number of hydrogen-bond donors (Lipinski definition) is 0. The largest absolute Gasteiger partial charge is 0.384 e. The molecular weight excluding hydrogens is 214 g/mol. The van der Waals surface area contributed by atoms with Crippen LogP contribution in [0, 0.1) is 0 Å². The Morgan fingerprint density at radius 3 is 2.44 bits per heavy atom. The zero-order valence-corrected chi connectivity index (χ0v) is 7.77. The molecule has 1 aromatic rings. The van der Waals surface area contributed by atoms with E-state index in [1.165, 1.54) is 6.07 Å². The van der Waals surface area contributed by atoms with Crippen molar-refractivity contribution < 1.29 is 23.9 Å². The van der Waals surface area contributed by atoms with E-state index < -0.39 is 17.7 Å². The summed E-state index contributed by atoms with van der Waals surface area (Å²) in [5.41, 5.74) is -0.190. The lowest BCUT2D eigenvalue weighted by molar-refractivity contribution is 0.0441. The Balaban J connectivity index is 2.33. The molecular formula is C10H3NO5. The predicted octanol–water partition coefficient (Wildman–Crippen LogP) is 0.161. The summed E-state index contributed by atoms with van der Waals surface area (Å²) < 4.78 is 4.32. The molecule has 1 aromatic heterocycles. The van der Waals surface area contributed by atoms with Crippen LogP contribution in [0.3, 0.4) is 0 Å². The third kappa shape index (κ3) is 0.928. The van der Waals surface area contributed by atoms with E-state index in [-0.39, 0.29) is 34.7 Å². The Labute approximate surface area is 88.2 Å². The minimum absolute atomic E-state index is 0.0459. The zero-order chi connectivity index (χ0) is 11.4. The maximum atomic E-state index is 11.4. The highest BCUT2D eigenvalue weighted by Gasteiger charge is 2.37. The number of carbonyl (C=O) groups excluding carboxylic acids is 4. The second kappa shape index (κ2) is 2.60. The summed E-state index contributed by atoms with van der Waals surface area (Å²) in [6, 6.07) is 1.21. The van der Waals surface area contributed by atoms with E-state index in [9.17, 15) is 19.2 Å². The standard InChI is InChI=1S/C10H3NO5/c12-5-2-6(13)7-3(5)1-4-8(11-7)10(15)16-9(4)14/h1H,2H2. The zero-order valence-electron chi connectivity index (χ0n) is 7.77. The van der Waals surface area contributed by atoms with Gasteiger partial charge in [-0.25, -0.2) is 14.6 Å². The third-order valence-electron chi connectivity index (χ3n) is 2.51. The summed E-state index contributed by atoms with van der Waals surface area (Å²) in [6.07, 6.45) is -0.255. The molecule has 0 amide bonds. The lowest BCUT2D eigenvalue weighted by Gasteiger charge is -1.96. The highest BCUT2D eigenvalue weighted by atomic mass is 16.6. The number of fused-ring (bicyclic) bond motifs is 2. The summed E-state index contributed by atoms with van der Waals surface area (Å²) in [6.45, 7) is 0. The van der Waals surface area contributed by atoms with Crippen LogP contribution in [0.2, 0.25) is 0 Å². The van der Waals surface area contributed by atoms with Gasteiger partial charge in [-0.05, 0) is 6.07 Å². The lowest BCUT2D eigenvalue weighted by atomic mass is 10.1. The fourth-order valence-electron chi connectivity index (χ4n) is 1.76. The van der Waals surface area contributed by atoms with Crippen molar-refractivity contribution in [3.63, 3.8) is 0 Å². The van der Waals surface area contributed by atoms with E-state index in [2.05, 4.69) is 9.72 Å². The Hall–Kier alpha value is -2.37. The minimum atomic E-state index is -0.880. The van der Waals surface area contributed by atoms with Crippen LogP contribution in [0.4, 0.5) is 0 Å². The summed E-state index contributed by atoms with van der Waals surface area (Å²) in [5, 5.41) is 0. The van der Waals surface area contributed by atoms with Crippen LogP contribution in [0.1, 0.15) is 48.1 Å². The van der Waals surface area contributed by atoms with Gasteiger partial charge < -0.3 is 4.74 Å². The topological polar surface area (TPSA) is 90.4 Å². The van der Waals surface area contributed by atoms with Crippen molar-refractivity contribution in [2.24, 2.45) is 0 Å². The SMILES string of the molecule is O=C1CC(=O)c2nc3c(cc21)C(=O)OC3=O. The van der Waals surface area contributed by atoms with Gasteiger partial charge in [-0.3, -0.25) is 9.59 Å². The molecule has 1 aliphatic carbocycles. The average molecular weight is 217 g/mol. The van der Waals surface area contributed by atoms with E-state index >= 15 is 0 Å². The highest BCUT2D eigenvalue weighted by Crippen LogP contribution is 2.26. The molecule has 0 saturated carbocycles. The second-order valence-corrected chi connectivity index (χ2v) is 3.48. The first-order valence-corrected chi connectivity index (χ1v) is 4.46. The van der Waals surface area contributed by atoms with Crippen LogP contribution in [0.25, 0.3) is 0 Å². The Bertz CT molecular complexity index is 501. The summed E-state index contributed by atoms with van der Waals surface area (Å²) in [5.74, 6) is -2.53.